The second-order valence-electron chi connectivity index (χ2n) is 6.78. The first-order valence-electron chi connectivity index (χ1n) is 9.68. The molecule has 1 aliphatic heterocycles. The largest absolute Gasteiger partial charge is 0.370 e. The number of hydrogen-bond donors (Lipinski definition) is 2. The molecule has 1 saturated heterocycles. The van der Waals surface area contributed by atoms with Crippen molar-refractivity contribution in [1.29, 1.82) is 0 Å². The Hall–Kier alpha value is -3.19. The van der Waals surface area contributed by atoms with E-state index >= 15 is 0 Å². The van der Waals surface area contributed by atoms with Gasteiger partial charge in [-0.25, -0.2) is 0 Å². The summed E-state index contributed by atoms with van der Waals surface area (Å²) in [5, 5.41) is 4.97. The van der Waals surface area contributed by atoms with Crippen molar-refractivity contribution in [3.05, 3.63) is 71.8 Å². The highest BCUT2D eigenvalue weighted by molar-refractivity contribution is 6.35. The Kier molecular flexibility index (Phi) is 7.35. The van der Waals surface area contributed by atoms with E-state index in [1.807, 2.05) is 60.7 Å². The molecule has 7 nitrogen and oxygen atoms in total. The molecule has 1 heterocycles. The molecule has 0 radical (unpaired) electrons. The fraction of sp³-hybridized carbons (Fsp3) is 0.318. The number of ether oxygens (including phenoxy) is 1. The van der Waals surface area contributed by atoms with Crippen molar-refractivity contribution in [2.24, 2.45) is 0 Å². The van der Waals surface area contributed by atoms with E-state index in [9.17, 15) is 14.4 Å². The first-order valence-corrected chi connectivity index (χ1v) is 9.68. The second kappa shape index (κ2) is 10.4. The topological polar surface area (TPSA) is 87.7 Å². The number of carbonyl (C=O) groups is 3. The zero-order valence-electron chi connectivity index (χ0n) is 16.2. The quantitative estimate of drug-likeness (QED) is 0.716. The van der Waals surface area contributed by atoms with Gasteiger partial charge >= 0.3 is 11.8 Å². The highest BCUT2D eigenvalue weighted by Gasteiger charge is 2.25. The van der Waals surface area contributed by atoms with Crippen LogP contribution in [0.2, 0.25) is 0 Å². The summed E-state index contributed by atoms with van der Waals surface area (Å²) in [6.45, 7) is 1.45. The number of hydrogen-bond acceptors (Lipinski definition) is 4. The number of amides is 3. The van der Waals surface area contributed by atoms with Crippen LogP contribution in [0.3, 0.4) is 0 Å². The minimum atomic E-state index is -0.806. The molecule has 1 atom stereocenters. The minimum absolute atomic E-state index is 0.189. The molecule has 3 rings (SSSR count). The summed E-state index contributed by atoms with van der Waals surface area (Å²) in [5.41, 5.74) is 2.08. The second-order valence-corrected chi connectivity index (χ2v) is 6.78. The van der Waals surface area contributed by atoms with Gasteiger partial charge in [-0.1, -0.05) is 60.7 Å². The van der Waals surface area contributed by atoms with Crippen LogP contribution in [-0.2, 0) is 25.5 Å². The number of carbonyl (C=O) groups excluding carboxylic acids is 3. The van der Waals surface area contributed by atoms with Gasteiger partial charge < -0.3 is 20.3 Å². The molecule has 1 aliphatic rings. The Morgan fingerprint density at radius 3 is 2.31 bits per heavy atom. The normalized spacial score (nSPS) is 16.1. The van der Waals surface area contributed by atoms with E-state index in [2.05, 4.69) is 10.6 Å². The monoisotopic (exact) mass is 395 g/mol. The van der Waals surface area contributed by atoms with E-state index in [0.717, 1.165) is 11.1 Å². The van der Waals surface area contributed by atoms with Crippen LogP contribution in [0.5, 0.6) is 0 Å². The van der Waals surface area contributed by atoms with Crippen molar-refractivity contribution in [2.45, 2.75) is 12.5 Å². The van der Waals surface area contributed by atoms with Gasteiger partial charge in [0.15, 0.2) is 0 Å². The molecule has 3 amide bonds. The maximum Gasteiger partial charge on any atom is 0.309 e. The summed E-state index contributed by atoms with van der Waals surface area (Å²) in [5.74, 6) is -1.78. The molecule has 2 aromatic carbocycles. The average Bonchev–Trinajstić information content (AvgIpc) is 2.78. The molecule has 1 unspecified atom stereocenters. The third kappa shape index (κ3) is 6.15. The van der Waals surface area contributed by atoms with Crippen molar-refractivity contribution in [2.75, 3.05) is 32.8 Å². The van der Waals surface area contributed by atoms with Gasteiger partial charge in [-0.05, 0) is 17.5 Å². The Morgan fingerprint density at radius 2 is 1.59 bits per heavy atom. The number of nitrogens with one attached hydrogen (secondary N) is 2. The average molecular weight is 395 g/mol. The molecule has 0 aromatic heterocycles. The van der Waals surface area contributed by atoms with Crippen molar-refractivity contribution in [1.82, 2.24) is 15.5 Å². The number of morpholine rings is 1. The van der Waals surface area contributed by atoms with Gasteiger partial charge in [0, 0.05) is 13.1 Å². The molecule has 7 heteroatoms. The van der Waals surface area contributed by atoms with Crippen molar-refractivity contribution >= 4 is 17.7 Å². The first-order chi connectivity index (χ1) is 14.1. The minimum Gasteiger partial charge on any atom is -0.370 e. The van der Waals surface area contributed by atoms with Gasteiger partial charge in [0.25, 0.3) is 0 Å². The highest BCUT2D eigenvalue weighted by Crippen LogP contribution is 2.21. The maximum absolute atomic E-state index is 12.4. The van der Waals surface area contributed by atoms with Crippen LogP contribution in [0.15, 0.2) is 60.7 Å². The molecule has 2 aromatic rings. The summed E-state index contributed by atoms with van der Waals surface area (Å²) >= 11 is 0. The zero-order chi connectivity index (χ0) is 20.5. The van der Waals surface area contributed by atoms with E-state index in [1.54, 1.807) is 4.90 Å². The SMILES string of the molecule is O=C(NCCc1ccccc1)C(=O)NCC(=O)N1CCOC(c2ccccc2)C1. The smallest absolute Gasteiger partial charge is 0.309 e. The van der Waals surface area contributed by atoms with Crippen LogP contribution in [0.4, 0.5) is 0 Å². The van der Waals surface area contributed by atoms with E-state index in [1.165, 1.54) is 0 Å². The van der Waals surface area contributed by atoms with Crippen LogP contribution in [-0.4, -0.2) is 55.4 Å². The van der Waals surface area contributed by atoms with Gasteiger partial charge in [-0.2, -0.15) is 0 Å². The lowest BCUT2D eigenvalue weighted by Gasteiger charge is -2.33. The summed E-state index contributed by atoms with van der Waals surface area (Å²) in [4.78, 5) is 37.9. The zero-order valence-corrected chi connectivity index (χ0v) is 16.2. The van der Waals surface area contributed by atoms with Gasteiger partial charge in [-0.15, -0.1) is 0 Å². The Morgan fingerprint density at radius 1 is 0.931 bits per heavy atom. The van der Waals surface area contributed by atoms with Gasteiger partial charge in [0.1, 0.15) is 6.10 Å². The van der Waals surface area contributed by atoms with E-state index in [4.69, 9.17) is 4.74 Å². The Bertz CT molecular complexity index is 826. The van der Waals surface area contributed by atoms with Crippen LogP contribution in [0.25, 0.3) is 0 Å². The summed E-state index contributed by atoms with van der Waals surface area (Å²) in [6, 6.07) is 19.4. The van der Waals surface area contributed by atoms with Crippen LogP contribution >= 0.6 is 0 Å². The number of nitrogens with zero attached hydrogens (tertiary/aromatic N) is 1. The van der Waals surface area contributed by atoms with Crippen molar-refractivity contribution in [3.8, 4) is 0 Å². The highest BCUT2D eigenvalue weighted by atomic mass is 16.5. The number of benzene rings is 2. The van der Waals surface area contributed by atoms with Crippen molar-refractivity contribution < 1.29 is 19.1 Å². The number of rotatable bonds is 6. The lowest BCUT2D eigenvalue weighted by Crippen LogP contribution is -2.48. The molecular formula is C22H25N3O4. The fourth-order valence-electron chi connectivity index (χ4n) is 3.14. The van der Waals surface area contributed by atoms with E-state index in [0.29, 0.717) is 32.7 Å². The van der Waals surface area contributed by atoms with Gasteiger partial charge in [0.2, 0.25) is 5.91 Å². The summed E-state index contributed by atoms with van der Waals surface area (Å²) < 4.78 is 5.74. The van der Waals surface area contributed by atoms with Gasteiger partial charge in [0.05, 0.1) is 19.7 Å². The molecular weight excluding hydrogens is 370 g/mol. The third-order valence-corrected chi connectivity index (χ3v) is 4.74. The third-order valence-electron chi connectivity index (χ3n) is 4.74. The standard InChI is InChI=1S/C22H25N3O4/c26-20(25-13-14-29-19(16-25)18-9-5-2-6-10-18)15-24-22(28)21(27)23-12-11-17-7-3-1-4-8-17/h1-10,19H,11-16H2,(H,23,27)(H,24,28). The Balaban J connectivity index is 1.40. The fourth-order valence-corrected chi connectivity index (χ4v) is 3.14. The predicted octanol–water partition coefficient (Wildman–Crippen LogP) is 1.06. The first kappa shape index (κ1) is 20.5. The summed E-state index contributed by atoms with van der Waals surface area (Å²) in [7, 11) is 0. The van der Waals surface area contributed by atoms with Crippen LogP contribution in [0, 0.1) is 0 Å². The maximum atomic E-state index is 12.4. The molecule has 0 bridgehead atoms. The Labute approximate surface area is 170 Å². The summed E-state index contributed by atoms with van der Waals surface area (Å²) in [6.07, 6.45) is 0.443. The molecule has 0 spiro atoms. The van der Waals surface area contributed by atoms with E-state index in [-0.39, 0.29) is 18.6 Å². The lowest BCUT2D eigenvalue weighted by atomic mass is 10.1. The molecule has 29 heavy (non-hydrogen) atoms. The molecule has 0 aliphatic carbocycles. The van der Waals surface area contributed by atoms with Crippen LogP contribution in [0.1, 0.15) is 17.2 Å². The molecule has 1 fully saturated rings. The molecule has 2 N–H and O–H groups in total. The molecule has 0 saturated carbocycles. The van der Waals surface area contributed by atoms with Crippen molar-refractivity contribution in [3.63, 3.8) is 0 Å². The predicted molar refractivity (Wildman–Crippen MR) is 108 cm³/mol. The van der Waals surface area contributed by atoms with E-state index < -0.39 is 11.8 Å². The van der Waals surface area contributed by atoms with Gasteiger partial charge in [-0.3, -0.25) is 14.4 Å². The lowest BCUT2D eigenvalue weighted by molar-refractivity contribution is -0.142. The molecule has 152 valence electrons. The van der Waals surface area contributed by atoms with Crippen LogP contribution < -0.4 is 10.6 Å².